The average molecular weight is 570 g/mol. The summed E-state index contributed by atoms with van der Waals surface area (Å²) >= 11 is 0. The van der Waals surface area contributed by atoms with Crippen LogP contribution in [0.5, 0.6) is 0 Å². The van der Waals surface area contributed by atoms with Crippen LogP contribution in [0.3, 0.4) is 0 Å². The first-order valence-corrected chi connectivity index (χ1v) is 15.5. The molecule has 0 radical (unpaired) electrons. The van der Waals surface area contributed by atoms with Crippen LogP contribution in [0.4, 0.5) is 4.79 Å². The monoisotopic (exact) mass is 569 g/mol. The maximum atomic E-state index is 12.7. The number of hydrogen-bond donors (Lipinski definition) is 2. The van der Waals surface area contributed by atoms with E-state index in [0.29, 0.717) is 5.92 Å². The van der Waals surface area contributed by atoms with Gasteiger partial charge >= 0.3 is 13.2 Å². The molecule has 1 saturated carbocycles. The molecule has 222 valence electrons. The lowest BCUT2D eigenvalue weighted by molar-refractivity contribution is 0.00578. The van der Waals surface area contributed by atoms with Gasteiger partial charge in [-0.3, -0.25) is 0 Å². The van der Waals surface area contributed by atoms with E-state index in [0.717, 1.165) is 48.2 Å². The van der Waals surface area contributed by atoms with E-state index in [1.54, 1.807) is 0 Å². The minimum absolute atomic E-state index is 0.196. The number of aromatic amines is 1. The zero-order valence-electron chi connectivity index (χ0n) is 26.1. The molecular weight excluding hydrogens is 525 g/mol. The number of nitrogens with zero attached hydrogens (tertiary/aromatic N) is 1. The van der Waals surface area contributed by atoms with Gasteiger partial charge in [0, 0.05) is 0 Å². The molecule has 3 aliphatic rings. The lowest BCUT2D eigenvalue weighted by Gasteiger charge is -2.32. The number of hydrogen-bond acceptors (Lipinski definition) is 5. The number of rotatable bonds is 5. The third kappa shape index (κ3) is 5.63. The van der Waals surface area contributed by atoms with Crippen LogP contribution >= 0.6 is 0 Å². The molecule has 1 saturated heterocycles. The second-order valence-electron chi connectivity index (χ2n) is 14.2. The molecule has 2 aliphatic carbocycles. The van der Waals surface area contributed by atoms with Crippen LogP contribution in [0, 0.1) is 5.92 Å². The van der Waals surface area contributed by atoms with Crippen LogP contribution in [0.2, 0.25) is 0 Å². The largest absolute Gasteiger partial charge is 0.494 e. The maximum Gasteiger partial charge on any atom is 0.494 e. The van der Waals surface area contributed by atoms with E-state index in [-0.39, 0.29) is 24.4 Å². The Balaban J connectivity index is 1.22. The van der Waals surface area contributed by atoms with Gasteiger partial charge in [0.15, 0.2) is 0 Å². The summed E-state index contributed by atoms with van der Waals surface area (Å²) in [6.45, 7) is 14.0. The molecule has 6 rings (SSSR count). The molecule has 7 nitrogen and oxygen atoms in total. The van der Waals surface area contributed by atoms with E-state index in [2.05, 4.69) is 74.4 Å². The van der Waals surface area contributed by atoms with E-state index in [1.165, 1.54) is 35.1 Å². The number of H-pyrrole nitrogens is 1. The molecule has 1 atom stereocenters. The van der Waals surface area contributed by atoms with E-state index < -0.39 is 11.7 Å². The third-order valence-electron chi connectivity index (χ3n) is 9.46. The van der Waals surface area contributed by atoms with E-state index in [4.69, 9.17) is 19.0 Å². The van der Waals surface area contributed by atoms with Crippen LogP contribution in [0.1, 0.15) is 97.1 Å². The molecule has 1 aromatic heterocycles. The van der Waals surface area contributed by atoms with Gasteiger partial charge in [-0.1, -0.05) is 43.2 Å². The molecule has 2 N–H and O–H groups in total. The number of alkyl carbamates (subject to hydrolysis) is 1. The first-order chi connectivity index (χ1) is 19.8. The van der Waals surface area contributed by atoms with Gasteiger partial charge in [0.1, 0.15) is 11.4 Å². The van der Waals surface area contributed by atoms with Gasteiger partial charge in [-0.25, -0.2) is 9.78 Å². The number of amides is 1. The van der Waals surface area contributed by atoms with Crippen LogP contribution in [-0.2, 0) is 26.9 Å². The van der Waals surface area contributed by atoms with Crippen molar-refractivity contribution in [2.75, 3.05) is 0 Å². The predicted molar refractivity (Wildman–Crippen MR) is 167 cm³/mol. The SMILES string of the molecule is CC(C)(C)OC(=O)N[C@H](c1ncc(-c2ccc3c(c2)CCc2cc(B4OC(C)(C)C(C)(C)O4)ccc2-3)[nH]1)C1CCCC1. The van der Waals surface area contributed by atoms with Crippen molar-refractivity contribution in [3.05, 3.63) is 59.5 Å². The Kier molecular flexibility index (Phi) is 7.29. The van der Waals surface area contributed by atoms with Crippen molar-refractivity contribution < 1.29 is 18.8 Å². The second kappa shape index (κ2) is 10.6. The quantitative estimate of drug-likeness (QED) is 0.327. The van der Waals surface area contributed by atoms with Gasteiger partial charge in [-0.05, 0) is 119 Å². The van der Waals surface area contributed by atoms with Crippen LogP contribution in [-0.4, -0.2) is 40.0 Å². The highest BCUT2D eigenvalue weighted by atomic mass is 16.7. The summed E-state index contributed by atoms with van der Waals surface area (Å²) in [6, 6.07) is 13.1. The van der Waals surface area contributed by atoms with Gasteiger partial charge < -0.3 is 24.3 Å². The molecule has 0 unspecified atom stereocenters. The lowest BCUT2D eigenvalue weighted by atomic mass is 9.75. The van der Waals surface area contributed by atoms with Gasteiger partial charge in [0.25, 0.3) is 0 Å². The first-order valence-electron chi connectivity index (χ1n) is 15.5. The van der Waals surface area contributed by atoms with Gasteiger partial charge in [0.2, 0.25) is 0 Å². The van der Waals surface area contributed by atoms with Crippen molar-refractivity contribution in [2.24, 2.45) is 5.92 Å². The summed E-state index contributed by atoms with van der Waals surface area (Å²) in [4.78, 5) is 21.0. The Hall–Kier alpha value is -3.10. The number of nitrogens with one attached hydrogen (secondary N) is 2. The number of aromatic nitrogens is 2. The van der Waals surface area contributed by atoms with Crippen LogP contribution < -0.4 is 10.8 Å². The van der Waals surface area contributed by atoms with Crippen LogP contribution in [0.15, 0.2) is 42.6 Å². The smallest absolute Gasteiger partial charge is 0.444 e. The number of imidazole rings is 1. The second-order valence-corrected chi connectivity index (χ2v) is 14.2. The van der Waals surface area contributed by atoms with Crippen molar-refractivity contribution >= 4 is 18.7 Å². The van der Waals surface area contributed by atoms with Crippen molar-refractivity contribution in [1.29, 1.82) is 0 Å². The normalized spacial score (nSPS) is 20.2. The number of carbonyl (C=O) groups is 1. The standard InChI is InChI=1S/C34H44BN3O4/c1-32(2,3)40-31(39)38-29(21-10-8-9-11-21)30-36-20-28(37-30)24-14-16-26-22(18-24)12-13-23-19-25(15-17-27(23)26)35-41-33(4,5)34(6,7)42-35/h14-21,29H,8-13H2,1-7H3,(H,36,37)(H,38,39)/t29-/m0/s1. The summed E-state index contributed by atoms with van der Waals surface area (Å²) in [6.07, 6.45) is 7.93. The zero-order chi connectivity index (χ0) is 29.9. The molecule has 0 spiro atoms. The fourth-order valence-electron chi connectivity index (χ4n) is 6.49. The molecule has 1 aliphatic heterocycles. The summed E-state index contributed by atoms with van der Waals surface area (Å²) in [5.74, 6) is 1.14. The minimum atomic E-state index is -0.548. The van der Waals surface area contributed by atoms with Crippen molar-refractivity contribution in [3.8, 4) is 22.4 Å². The van der Waals surface area contributed by atoms with Gasteiger partial charge in [-0.15, -0.1) is 0 Å². The molecule has 3 aromatic rings. The number of benzene rings is 2. The summed E-state index contributed by atoms with van der Waals surface area (Å²) < 4.78 is 18.2. The van der Waals surface area contributed by atoms with Gasteiger partial charge in [-0.2, -0.15) is 0 Å². The molecule has 1 amide bonds. The van der Waals surface area contributed by atoms with E-state index in [1.807, 2.05) is 27.0 Å². The van der Waals surface area contributed by atoms with Crippen molar-refractivity contribution in [2.45, 2.75) is 110 Å². The fraction of sp³-hybridized carbons (Fsp3) is 0.529. The number of fused-ring (bicyclic) bond motifs is 3. The fourth-order valence-corrected chi connectivity index (χ4v) is 6.49. The number of ether oxygens (including phenoxy) is 1. The van der Waals surface area contributed by atoms with Gasteiger partial charge in [0.05, 0.1) is 29.1 Å². The Labute approximate surface area is 250 Å². The molecule has 2 heterocycles. The highest BCUT2D eigenvalue weighted by molar-refractivity contribution is 6.62. The molecule has 0 bridgehead atoms. The van der Waals surface area contributed by atoms with Crippen molar-refractivity contribution in [1.82, 2.24) is 15.3 Å². The summed E-state index contributed by atoms with van der Waals surface area (Å²) in [5, 5.41) is 3.12. The third-order valence-corrected chi connectivity index (χ3v) is 9.46. The zero-order valence-corrected chi connectivity index (χ0v) is 26.1. The Bertz CT molecular complexity index is 1470. The molecule has 2 fully saturated rings. The molecule has 8 heteroatoms. The Morgan fingerprint density at radius 1 is 1.00 bits per heavy atom. The van der Waals surface area contributed by atoms with E-state index in [9.17, 15) is 4.79 Å². The predicted octanol–water partition coefficient (Wildman–Crippen LogP) is 6.90. The Morgan fingerprint density at radius 2 is 1.62 bits per heavy atom. The number of aryl methyl sites for hydroxylation is 2. The summed E-state index contributed by atoms with van der Waals surface area (Å²) in [5.41, 5.74) is 7.10. The Morgan fingerprint density at radius 3 is 2.26 bits per heavy atom. The van der Waals surface area contributed by atoms with E-state index >= 15 is 0 Å². The highest BCUT2D eigenvalue weighted by Crippen LogP contribution is 2.39. The topological polar surface area (TPSA) is 85.5 Å². The first kappa shape index (κ1) is 29.0. The lowest BCUT2D eigenvalue weighted by Crippen LogP contribution is -2.41. The maximum absolute atomic E-state index is 12.7. The number of carbonyl (C=O) groups excluding carboxylic acids is 1. The average Bonchev–Trinajstić information content (AvgIpc) is 3.66. The van der Waals surface area contributed by atoms with Crippen molar-refractivity contribution in [3.63, 3.8) is 0 Å². The molecule has 2 aromatic carbocycles. The highest BCUT2D eigenvalue weighted by Gasteiger charge is 2.51. The van der Waals surface area contributed by atoms with Crippen LogP contribution in [0.25, 0.3) is 22.4 Å². The minimum Gasteiger partial charge on any atom is -0.444 e. The molecular formula is C34H44BN3O4. The summed E-state index contributed by atoms with van der Waals surface area (Å²) in [7, 11) is -0.350. The molecule has 42 heavy (non-hydrogen) atoms.